The fourth-order valence-electron chi connectivity index (χ4n) is 2.94. The largest absolute Gasteiger partial charge is 0.445 e. The van der Waals surface area contributed by atoms with Crippen molar-refractivity contribution in [1.82, 2.24) is 9.97 Å². The normalized spacial score (nSPS) is 11.2. The van der Waals surface area contributed by atoms with Gasteiger partial charge < -0.3 is 13.8 Å². The van der Waals surface area contributed by atoms with E-state index in [2.05, 4.69) is 9.97 Å². The third-order valence-electron chi connectivity index (χ3n) is 4.14. The van der Waals surface area contributed by atoms with Gasteiger partial charge in [-0.2, -0.15) is 0 Å². The van der Waals surface area contributed by atoms with Crippen molar-refractivity contribution in [1.29, 1.82) is 0 Å². The van der Waals surface area contributed by atoms with E-state index >= 15 is 0 Å². The number of fused-ring (bicyclic) bond motifs is 3. The Hall–Kier alpha value is -3.53. The summed E-state index contributed by atoms with van der Waals surface area (Å²) in [6, 6.07) is 25.5. The van der Waals surface area contributed by atoms with Gasteiger partial charge in [-0.3, -0.25) is 0 Å². The molecule has 0 aromatic heterocycles. The fourth-order valence-corrected chi connectivity index (χ4v) is 2.94. The average molecular weight is 326 g/mol. The molecule has 0 aliphatic carbocycles. The van der Waals surface area contributed by atoms with Gasteiger partial charge in [-0.05, 0) is 24.3 Å². The van der Waals surface area contributed by atoms with Crippen molar-refractivity contribution < 1.29 is 8.83 Å². The lowest BCUT2D eigenvalue weighted by Crippen LogP contribution is -1.88. The Morgan fingerprint density at radius 1 is 0.680 bits per heavy atom. The van der Waals surface area contributed by atoms with Crippen molar-refractivity contribution in [3.63, 3.8) is 0 Å². The van der Waals surface area contributed by atoms with E-state index in [1.54, 1.807) is 0 Å². The number of benzene rings is 3. The predicted octanol–water partition coefficient (Wildman–Crippen LogP) is 5.80. The molecule has 4 heteroatoms. The number of hydrogen-bond donors (Lipinski definition) is 1. The van der Waals surface area contributed by atoms with E-state index in [1.165, 1.54) is 0 Å². The van der Waals surface area contributed by atoms with Crippen LogP contribution in [0, 0.1) is 0 Å². The zero-order chi connectivity index (χ0) is 16.6. The van der Waals surface area contributed by atoms with Gasteiger partial charge in [0, 0.05) is 5.56 Å². The van der Waals surface area contributed by atoms with Crippen molar-refractivity contribution >= 4 is 22.2 Å². The van der Waals surface area contributed by atoms with Gasteiger partial charge in [-0.1, -0.05) is 54.6 Å². The molecule has 3 aromatic rings. The van der Waals surface area contributed by atoms with Crippen LogP contribution in [0.25, 0.3) is 45.1 Å². The number of hydrogen-bond acceptors (Lipinski definition) is 3. The molecule has 2 heterocycles. The van der Waals surface area contributed by atoms with Crippen LogP contribution in [0.3, 0.4) is 0 Å². The first kappa shape index (κ1) is 13.9. The highest BCUT2D eigenvalue weighted by Crippen LogP contribution is 2.34. The molecule has 4 nitrogen and oxygen atoms in total. The van der Waals surface area contributed by atoms with E-state index in [1.807, 2.05) is 78.9 Å². The molecule has 0 saturated heterocycles. The van der Waals surface area contributed by atoms with Crippen LogP contribution < -0.4 is 0 Å². The van der Waals surface area contributed by atoms with E-state index in [-0.39, 0.29) is 0 Å². The summed E-state index contributed by atoms with van der Waals surface area (Å²) >= 11 is 0. The van der Waals surface area contributed by atoms with Crippen LogP contribution in [0.4, 0.5) is 0 Å². The van der Waals surface area contributed by atoms with Crippen molar-refractivity contribution in [3.8, 4) is 22.9 Å². The van der Waals surface area contributed by atoms with E-state index in [9.17, 15) is 0 Å². The number of para-hydroxylation sites is 4. The first-order valence-electron chi connectivity index (χ1n) is 8.08. The molecule has 5 rings (SSSR count). The Balaban J connectivity index is 1.99. The van der Waals surface area contributed by atoms with Crippen LogP contribution in [0.2, 0.25) is 0 Å². The first-order valence-corrected chi connectivity index (χ1v) is 8.08. The molecule has 3 aromatic carbocycles. The molecule has 25 heavy (non-hydrogen) atoms. The maximum absolute atomic E-state index is 6.18. The second-order valence-corrected chi connectivity index (χ2v) is 5.78. The number of nitrogens with one attached hydrogen (secondary N) is 1. The number of aromatic amines is 1. The maximum Gasteiger partial charge on any atom is 0.266 e. The van der Waals surface area contributed by atoms with E-state index in [0.717, 1.165) is 22.3 Å². The van der Waals surface area contributed by atoms with Crippen molar-refractivity contribution in [2.45, 2.75) is 0 Å². The van der Waals surface area contributed by atoms with Crippen LogP contribution in [0.15, 0.2) is 87.7 Å². The topological polar surface area (TPSA) is 55.0 Å². The summed E-state index contributed by atoms with van der Waals surface area (Å²) in [5, 5.41) is 0. The summed E-state index contributed by atoms with van der Waals surface area (Å²) in [5.74, 6) is 1.04. The average Bonchev–Trinajstić information content (AvgIpc) is 2.83. The molecule has 0 atom stereocenters. The summed E-state index contributed by atoms with van der Waals surface area (Å²) in [6.45, 7) is 0. The second kappa shape index (κ2) is 5.53. The Kier molecular flexibility index (Phi) is 3.07. The van der Waals surface area contributed by atoms with Gasteiger partial charge >= 0.3 is 0 Å². The second-order valence-electron chi connectivity index (χ2n) is 5.78. The van der Waals surface area contributed by atoms with Crippen molar-refractivity contribution in [2.24, 2.45) is 0 Å². The van der Waals surface area contributed by atoms with Crippen LogP contribution >= 0.6 is 0 Å². The third-order valence-corrected chi connectivity index (χ3v) is 4.14. The number of nitrogens with zero attached hydrogens (tertiary/aromatic N) is 1. The van der Waals surface area contributed by atoms with E-state index < -0.39 is 0 Å². The number of aromatic nitrogens is 2. The Bertz CT molecular complexity index is 1200. The minimum Gasteiger partial charge on any atom is -0.445 e. The number of H-pyrrole nitrogens is 1. The van der Waals surface area contributed by atoms with Crippen molar-refractivity contribution in [2.75, 3.05) is 0 Å². The van der Waals surface area contributed by atoms with E-state index in [4.69, 9.17) is 8.83 Å². The van der Waals surface area contributed by atoms with Gasteiger partial charge in [0.05, 0.1) is 16.7 Å². The molecule has 120 valence electrons. The van der Waals surface area contributed by atoms with Crippen LogP contribution in [-0.4, -0.2) is 9.97 Å². The Morgan fingerprint density at radius 2 is 1.36 bits per heavy atom. The van der Waals surface area contributed by atoms with Crippen molar-refractivity contribution in [3.05, 3.63) is 78.9 Å². The highest BCUT2D eigenvalue weighted by Gasteiger charge is 2.18. The molecular formula is C21H14N2O2. The molecule has 0 bridgehead atoms. The van der Waals surface area contributed by atoms with Gasteiger partial charge in [0.15, 0.2) is 11.2 Å². The van der Waals surface area contributed by atoms with Gasteiger partial charge in [0.25, 0.3) is 5.89 Å². The van der Waals surface area contributed by atoms with Gasteiger partial charge in [0.2, 0.25) is 5.76 Å². The lowest BCUT2D eigenvalue weighted by atomic mass is 10.1. The SMILES string of the molecule is c1ccc(-c2[nH]c3ccccc3nc3oc4ccccc4oc2-3)cc1. The molecular weight excluding hydrogens is 312 g/mol. The quantitative estimate of drug-likeness (QED) is 0.423. The third kappa shape index (κ3) is 2.35. The molecule has 2 aliphatic heterocycles. The molecule has 0 unspecified atom stereocenters. The predicted molar refractivity (Wildman–Crippen MR) is 97.8 cm³/mol. The monoisotopic (exact) mass is 326 g/mol. The highest BCUT2D eigenvalue weighted by molar-refractivity contribution is 5.84. The highest BCUT2D eigenvalue weighted by atomic mass is 16.4. The summed E-state index contributed by atoms with van der Waals surface area (Å²) in [5.41, 5.74) is 4.90. The Morgan fingerprint density at radius 3 is 2.20 bits per heavy atom. The smallest absolute Gasteiger partial charge is 0.266 e. The van der Waals surface area contributed by atoms with Gasteiger partial charge in [-0.15, -0.1) is 0 Å². The molecule has 0 spiro atoms. The molecule has 0 radical (unpaired) electrons. The standard InChI is InChI=1S/C21H14N2O2/c1-2-8-14(9-3-1)19-20-21(23-16-11-5-4-10-15(16)22-19)25-18-13-7-6-12-17(18)24-20/h1-13,22H. The summed E-state index contributed by atoms with van der Waals surface area (Å²) in [4.78, 5) is 8.15. The minimum atomic E-state index is 0.454. The van der Waals surface area contributed by atoms with Gasteiger partial charge in [-0.25, -0.2) is 4.98 Å². The van der Waals surface area contributed by atoms with Crippen LogP contribution in [0.1, 0.15) is 0 Å². The minimum absolute atomic E-state index is 0.454. The Labute approximate surface area is 143 Å². The molecule has 2 aliphatic rings. The van der Waals surface area contributed by atoms with Crippen LogP contribution in [-0.2, 0) is 0 Å². The molecule has 0 fully saturated rings. The molecule has 0 amide bonds. The summed E-state index contributed by atoms with van der Waals surface area (Å²) in [7, 11) is 0. The summed E-state index contributed by atoms with van der Waals surface area (Å²) < 4.78 is 12.2. The van der Waals surface area contributed by atoms with Crippen LogP contribution in [0.5, 0.6) is 0 Å². The van der Waals surface area contributed by atoms with Gasteiger partial charge in [0.1, 0.15) is 0 Å². The maximum atomic E-state index is 6.18. The lowest BCUT2D eigenvalue weighted by molar-refractivity contribution is 0.512. The fraction of sp³-hybridized carbons (Fsp3) is 0. The molecule has 1 N–H and O–H groups in total. The number of rotatable bonds is 1. The lowest BCUT2D eigenvalue weighted by Gasteiger charge is -2.07. The molecule has 0 saturated carbocycles. The zero-order valence-electron chi connectivity index (χ0n) is 13.3. The first-order chi connectivity index (χ1) is 12.4. The zero-order valence-corrected chi connectivity index (χ0v) is 13.3. The van der Waals surface area contributed by atoms with E-state index in [0.29, 0.717) is 22.8 Å². The summed E-state index contributed by atoms with van der Waals surface area (Å²) in [6.07, 6.45) is 0.